The Morgan fingerprint density at radius 3 is 2.62 bits per heavy atom. The minimum atomic E-state index is -0.0695. The zero-order chi connectivity index (χ0) is 12.0. The maximum absolute atomic E-state index is 9.34. The lowest BCUT2D eigenvalue weighted by molar-refractivity contribution is 0.402. The van der Waals surface area contributed by atoms with E-state index in [-0.39, 0.29) is 11.5 Å². The molecule has 1 aromatic rings. The number of hydrogen-bond donors (Lipinski definition) is 3. The van der Waals surface area contributed by atoms with Crippen molar-refractivity contribution in [3.63, 3.8) is 0 Å². The third-order valence-corrected chi connectivity index (χ3v) is 3.23. The molecule has 0 aromatic heterocycles. The molecule has 0 spiro atoms. The van der Waals surface area contributed by atoms with Gasteiger partial charge in [0.25, 0.3) is 0 Å². The lowest BCUT2D eigenvalue weighted by Gasteiger charge is -2.15. The van der Waals surface area contributed by atoms with Gasteiger partial charge in [0.2, 0.25) is 0 Å². The van der Waals surface area contributed by atoms with Crippen molar-refractivity contribution in [2.45, 2.75) is 25.9 Å². The van der Waals surface area contributed by atoms with Gasteiger partial charge in [-0.25, -0.2) is 0 Å². The molecule has 0 fully saturated rings. The first-order chi connectivity index (χ1) is 7.67. The van der Waals surface area contributed by atoms with E-state index in [4.69, 9.17) is 0 Å². The van der Waals surface area contributed by atoms with Crippen molar-refractivity contribution in [3.8, 4) is 11.5 Å². The van der Waals surface area contributed by atoms with E-state index in [0.29, 0.717) is 12.6 Å². The molecule has 0 aliphatic rings. The first-order valence-electron chi connectivity index (χ1n) is 5.40. The van der Waals surface area contributed by atoms with Gasteiger partial charge in [-0.1, -0.05) is 13.0 Å². The highest BCUT2D eigenvalue weighted by Gasteiger charge is 2.05. The van der Waals surface area contributed by atoms with Crippen LogP contribution in [-0.2, 0) is 6.54 Å². The zero-order valence-corrected chi connectivity index (χ0v) is 10.5. The van der Waals surface area contributed by atoms with Crippen LogP contribution in [0.2, 0.25) is 0 Å². The summed E-state index contributed by atoms with van der Waals surface area (Å²) in [4.78, 5) is 0. The first-order valence-corrected chi connectivity index (χ1v) is 6.80. The molecule has 0 bridgehead atoms. The van der Waals surface area contributed by atoms with Gasteiger partial charge in [0, 0.05) is 18.3 Å². The molecule has 0 saturated heterocycles. The van der Waals surface area contributed by atoms with E-state index in [2.05, 4.69) is 18.5 Å². The van der Waals surface area contributed by atoms with Crippen LogP contribution in [0.25, 0.3) is 0 Å². The molecule has 0 radical (unpaired) electrons. The summed E-state index contributed by atoms with van der Waals surface area (Å²) in [6.07, 6.45) is 3.18. The van der Waals surface area contributed by atoms with Crippen LogP contribution >= 0.6 is 11.8 Å². The van der Waals surface area contributed by atoms with Crippen LogP contribution in [0.1, 0.15) is 18.9 Å². The number of phenolic OH excluding ortho intramolecular Hbond substituents is 2. The Bertz CT molecular complexity index is 331. The molecule has 1 atom stereocenters. The number of phenols is 2. The van der Waals surface area contributed by atoms with Crippen LogP contribution < -0.4 is 5.32 Å². The van der Waals surface area contributed by atoms with Gasteiger partial charge in [-0.15, -0.1) is 0 Å². The van der Waals surface area contributed by atoms with Gasteiger partial charge in [-0.2, -0.15) is 11.8 Å². The van der Waals surface area contributed by atoms with Crippen molar-refractivity contribution < 1.29 is 10.2 Å². The highest BCUT2D eigenvalue weighted by Crippen LogP contribution is 2.24. The molecule has 1 aromatic carbocycles. The van der Waals surface area contributed by atoms with E-state index >= 15 is 0 Å². The Balaban J connectivity index is 2.50. The normalized spacial score (nSPS) is 12.6. The second-order valence-electron chi connectivity index (χ2n) is 3.76. The summed E-state index contributed by atoms with van der Waals surface area (Å²) in [5, 5.41) is 21.9. The Kier molecular flexibility index (Phi) is 5.49. The van der Waals surface area contributed by atoms with E-state index in [9.17, 15) is 10.2 Å². The van der Waals surface area contributed by atoms with Gasteiger partial charge in [0.1, 0.15) is 0 Å². The lowest BCUT2D eigenvalue weighted by Crippen LogP contribution is -2.30. The highest BCUT2D eigenvalue weighted by molar-refractivity contribution is 7.98. The van der Waals surface area contributed by atoms with Crippen LogP contribution in [0.15, 0.2) is 18.2 Å². The van der Waals surface area contributed by atoms with E-state index in [0.717, 1.165) is 17.7 Å². The molecule has 0 amide bonds. The summed E-state index contributed by atoms with van der Waals surface area (Å²) >= 11 is 1.82. The smallest absolute Gasteiger partial charge is 0.157 e. The Labute approximate surface area is 101 Å². The predicted octanol–water partition coefficient (Wildman–Crippen LogP) is 2.33. The average molecular weight is 241 g/mol. The van der Waals surface area contributed by atoms with Gasteiger partial charge in [0.05, 0.1) is 0 Å². The first kappa shape index (κ1) is 13.2. The maximum Gasteiger partial charge on any atom is 0.157 e. The topological polar surface area (TPSA) is 52.5 Å². The summed E-state index contributed by atoms with van der Waals surface area (Å²) in [5.41, 5.74) is 0.981. The number of thioether (sulfide) groups is 1. The van der Waals surface area contributed by atoms with Crippen molar-refractivity contribution in [2.24, 2.45) is 0 Å². The fourth-order valence-electron chi connectivity index (χ4n) is 1.46. The van der Waals surface area contributed by atoms with Crippen LogP contribution in [0.5, 0.6) is 11.5 Å². The standard InChI is InChI=1S/C12H19NO2S/c1-3-10(8-16-2)13-7-9-4-5-11(14)12(15)6-9/h4-6,10,13-15H,3,7-8H2,1-2H3. The minimum absolute atomic E-state index is 0.0581. The Hall–Kier alpha value is -0.870. The third-order valence-electron chi connectivity index (χ3n) is 2.50. The molecule has 1 rings (SSSR count). The summed E-state index contributed by atoms with van der Waals surface area (Å²) in [7, 11) is 0. The van der Waals surface area contributed by atoms with Crippen molar-refractivity contribution in [2.75, 3.05) is 12.0 Å². The second kappa shape index (κ2) is 6.66. The van der Waals surface area contributed by atoms with E-state index < -0.39 is 0 Å². The van der Waals surface area contributed by atoms with Crippen LogP contribution in [0, 0.1) is 0 Å². The Morgan fingerprint density at radius 2 is 2.06 bits per heavy atom. The van der Waals surface area contributed by atoms with Crippen molar-refractivity contribution in [1.29, 1.82) is 0 Å². The highest BCUT2D eigenvalue weighted by atomic mass is 32.2. The molecule has 0 aliphatic carbocycles. The number of aromatic hydroxyl groups is 2. The van der Waals surface area contributed by atoms with Crippen molar-refractivity contribution >= 4 is 11.8 Å². The molecule has 1 unspecified atom stereocenters. The van der Waals surface area contributed by atoms with Gasteiger partial charge < -0.3 is 15.5 Å². The van der Waals surface area contributed by atoms with Gasteiger partial charge in [-0.3, -0.25) is 0 Å². The number of benzene rings is 1. The van der Waals surface area contributed by atoms with Crippen LogP contribution in [0.3, 0.4) is 0 Å². The average Bonchev–Trinajstić information content (AvgIpc) is 2.28. The molecule has 0 saturated carbocycles. The maximum atomic E-state index is 9.34. The summed E-state index contributed by atoms with van der Waals surface area (Å²) in [6, 6.07) is 5.41. The third kappa shape index (κ3) is 3.94. The quantitative estimate of drug-likeness (QED) is 0.669. The molecule has 90 valence electrons. The molecule has 3 N–H and O–H groups in total. The largest absolute Gasteiger partial charge is 0.504 e. The van der Waals surface area contributed by atoms with Gasteiger partial charge in [-0.05, 0) is 30.4 Å². The van der Waals surface area contributed by atoms with Gasteiger partial charge in [0.15, 0.2) is 11.5 Å². The summed E-state index contributed by atoms with van der Waals surface area (Å²) < 4.78 is 0. The molecule has 4 heteroatoms. The van der Waals surface area contributed by atoms with E-state index in [1.807, 2.05) is 17.8 Å². The Morgan fingerprint density at radius 1 is 1.31 bits per heavy atom. The van der Waals surface area contributed by atoms with Crippen LogP contribution in [-0.4, -0.2) is 28.3 Å². The predicted molar refractivity (Wildman–Crippen MR) is 69.1 cm³/mol. The van der Waals surface area contributed by atoms with Gasteiger partial charge >= 0.3 is 0 Å². The minimum Gasteiger partial charge on any atom is -0.504 e. The van der Waals surface area contributed by atoms with E-state index in [1.54, 1.807) is 6.07 Å². The molecular formula is C12H19NO2S. The molecular weight excluding hydrogens is 222 g/mol. The SMILES string of the molecule is CCC(CSC)NCc1ccc(O)c(O)c1. The molecule has 3 nitrogen and oxygen atoms in total. The summed E-state index contributed by atoms with van der Waals surface area (Å²) in [5.74, 6) is 0.956. The fourth-order valence-corrected chi connectivity index (χ4v) is 2.22. The number of hydrogen-bond acceptors (Lipinski definition) is 4. The number of nitrogens with one attached hydrogen (secondary N) is 1. The van der Waals surface area contributed by atoms with E-state index in [1.165, 1.54) is 6.07 Å². The second-order valence-corrected chi connectivity index (χ2v) is 4.68. The van der Waals surface area contributed by atoms with Crippen molar-refractivity contribution in [1.82, 2.24) is 5.32 Å². The number of rotatable bonds is 6. The fraction of sp³-hybridized carbons (Fsp3) is 0.500. The molecule has 16 heavy (non-hydrogen) atoms. The molecule has 0 heterocycles. The molecule has 0 aliphatic heterocycles. The van der Waals surface area contributed by atoms with Crippen LogP contribution in [0.4, 0.5) is 0 Å². The summed E-state index contributed by atoms with van der Waals surface area (Å²) in [6.45, 7) is 2.87. The zero-order valence-electron chi connectivity index (χ0n) is 9.73. The lowest BCUT2D eigenvalue weighted by atomic mass is 10.2. The monoisotopic (exact) mass is 241 g/mol. The van der Waals surface area contributed by atoms with Crippen molar-refractivity contribution in [3.05, 3.63) is 23.8 Å².